The van der Waals surface area contributed by atoms with E-state index in [1.165, 1.54) is 16.4 Å². The van der Waals surface area contributed by atoms with Crippen molar-refractivity contribution in [2.45, 2.75) is 11.3 Å². The van der Waals surface area contributed by atoms with Crippen LogP contribution < -0.4 is 10.0 Å². The van der Waals surface area contributed by atoms with Crippen LogP contribution in [0, 0.1) is 11.3 Å². The van der Waals surface area contributed by atoms with Gasteiger partial charge in [-0.2, -0.15) is 5.26 Å². The van der Waals surface area contributed by atoms with Crippen LogP contribution in [0.3, 0.4) is 0 Å². The largest absolute Gasteiger partial charge is 0.399 e. The van der Waals surface area contributed by atoms with Gasteiger partial charge in [-0.25, -0.2) is 8.42 Å². The lowest BCUT2D eigenvalue weighted by Crippen LogP contribution is -2.31. The number of para-hydroxylation sites is 1. The number of anilines is 2. The summed E-state index contributed by atoms with van der Waals surface area (Å²) in [6, 6.07) is 16.8. The van der Waals surface area contributed by atoms with Crippen LogP contribution in [0.2, 0.25) is 0 Å². The Bertz CT molecular complexity index is 752. The zero-order valence-electron chi connectivity index (χ0n) is 11.3. The lowest BCUT2D eigenvalue weighted by atomic mass is 10.3. The summed E-state index contributed by atoms with van der Waals surface area (Å²) in [5.74, 6) is 0. The van der Waals surface area contributed by atoms with Gasteiger partial charge in [0, 0.05) is 12.2 Å². The molecule has 0 fully saturated rings. The Hall–Kier alpha value is -2.52. The summed E-state index contributed by atoms with van der Waals surface area (Å²) in [6.07, 6.45) is 0.108. The van der Waals surface area contributed by atoms with Gasteiger partial charge >= 0.3 is 0 Å². The Labute approximate surface area is 124 Å². The molecule has 2 rings (SSSR count). The summed E-state index contributed by atoms with van der Waals surface area (Å²) in [7, 11) is -3.75. The second-order valence-electron chi connectivity index (χ2n) is 4.39. The zero-order chi connectivity index (χ0) is 15.3. The van der Waals surface area contributed by atoms with E-state index in [-0.39, 0.29) is 17.9 Å². The number of nitriles is 1. The van der Waals surface area contributed by atoms with E-state index >= 15 is 0 Å². The van der Waals surface area contributed by atoms with Crippen LogP contribution in [0.15, 0.2) is 59.5 Å². The highest BCUT2D eigenvalue weighted by molar-refractivity contribution is 7.92. The minimum absolute atomic E-state index is 0.0949. The number of nitrogens with zero attached hydrogens (tertiary/aromatic N) is 2. The van der Waals surface area contributed by atoms with Crippen LogP contribution in [0.25, 0.3) is 0 Å². The maximum atomic E-state index is 12.8. The summed E-state index contributed by atoms with van der Waals surface area (Å²) < 4.78 is 26.7. The molecule has 0 saturated heterocycles. The van der Waals surface area contributed by atoms with Crippen molar-refractivity contribution in [2.24, 2.45) is 0 Å². The van der Waals surface area contributed by atoms with E-state index in [0.29, 0.717) is 11.4 Å². The summed E-state index contributed by atoms with van der Waals surface area (Å²) in [6.45, 7) is 0.0949. The first kappa shape index (κ1) is 14.9. The fourth-order valence-corrected chi connectivity index (χ4v) is 3.46. The molecule has 0 unspecified atom stereocenters. The molecule has 108 valence electrons. The molecule has 0 radical (unpaired) electrons. The number of hydrogen-bond acceptors (Lipinski definition) is 4. The first-order chi connectivity index (χ1) is 10.1. The van der Waals surface area contributed by atoms with E-state index in [0.717, 1.165) is 0 Å². The lowest BCUT2D eigenvalue weighted by Gasteiger charge is -2.23. The topological polar surface area (TPSA) is 87.2 Å². The number of sulfonamides is 1. The van der Waals surface area contributed by atoms with Crippen molar-refractivity contribution in [3.63, 3.8) is 0 Å². The molecule has 0 aromatic heterocycles. The Kier molecular flexibility index (Phi) is 4.45. The van der Waals surface area contributed by atoms with Crippen molar-refractivity contribution in [1.29, 1.82) is 5.26 Å². The predicted molar refractivity (Wildman–Crippen MR) is 82.1 cm³/mol. The van der Waals surface area contributed by atoms with Gasteiger partial charge in [0.15, 0.2) is 0 Å². The molecule has 0 aliphatic carbocycles. The van der Waals surface area contributed by atoms with E-state index in [2.05, 4.69) is 0 Å². The van der Waals surface area contributed by atoms with Gasteiger partial charge in [-0.3, -0.25) is 4.31 Å². The quantitative estimate of drug-likeness (QED) is 0.859. The highest BCUT2D eigenvalue weighted by Gasteiger charge is 2.24. The average Bonchev–Trinajstić information content (AvgIpc) is 2.48. The number of benzene rings is 2. The Morgan fingerprint density at radius 1 is 1.10 bits per heavy atom. The highest BCUT2D eigenvalue weighted by Crippen LogP contribution is 2.24. The standard InChI is InChI=1S/C15H15N3O2S/c16-10-5-11-18(14-7-2-1-3-8-14)21(19,20)15-9-4-6-13(17)12-15/h1-4,6-9,12H,5,11,17H2. The number of rotatable bonds is 5. The molecule has 21 heavy (non-hydrogen) atoms. The van der Waals surface area contributed by atoms with Gasteiger partial charge in [0.2, 0.25) is 0 Å². The maximum absolute atomic E-state index is 12.8. The Morgan fingerprint density at radius 3 is 2.43 bits per heavy atom. The average molecular weight is 301 g/mol. The molecule has 0 spiro atoms. The van der Waals surface area contributed by atoms with E-state index < -0.39 is 10.0 Å². The minimum atomic E-state index is -3.75. The number of nitrogen functional groups attached to an aromatic ring is 1. The van der Waals surface area contributed by atoms with Gasteiger partial charge in [0.05, 0.1) is 23.1 Å². The fraction of sp³-hybridized carbons (Fsp3) is 0.133. The second-order valence-corrected chi connectivity index (χ2v) is 6.26. The minimum Gasteiger partial charge on any atom is -0.399 e. The molecule has 0 saturated carbocycles. The Balaban J connectivity index is 2.48. The van der Waals surface area contributed by atoms with Crippen LogP contribution >= 0.6 is 0 Å². The van der Waals surface area contributed by atoms with Crippen LogP contribution in [-0.4, -0.2) is 15.0 Å². The van der Waals surface area contributed by atoms with Gasteiger partial charge in [0.25, 0.3) is 10.0 Å². The number of nitrogens with two attached hydrogens (primary N) is 1. The summed E-state index contributed by atoms with van der Waals surface area (Å²) in [5.41, 5.74) is 6.56. The molecule has 2 aromatic carbocycles. The molecular formula is C15H15N3O2S. The van der Waals surface area contributed by atoms with Crippen molar-refractivity contribution < 1.29 is 8.42 Å². The summed E-state index contributed by atoms with van der Waals surface area (Å²) in [4.78, 5) is 0.115. The summed E-state index contributed by atoms with van der Waals surface area (Å²) >= 11 is 0. The third-order valence-corrected chi connectivity index (χ3v) is 4.74. The molecule has 0 bridgehead atoms. The predicted octanol–water partition coefficient (Wildman–Crippen LogP) is 2.38. The van der Waals surface area contributed by atoms with Crippen molar-refractivity contribution in [2.75, 3.05) is 16.6 Å². The van der Waals surface area contributed by atoms with Crippen LogP contribution in [0.1, 0.15) is 6.42 Å². The monoisotopic (exact) mass is 301 g/mol. The Morgan fingerprint density at radius 2 is 1.81 bits per heavy atom. The first-order valence-electron chi connectivity index (χ1n) is 6.36. The molecule has 0 aliphatic rings. The lowest BCUT2D eigenvalue weighted by molar-refractivity contribution is 0.591. The third-order valence-electron chi connectivity index (χ3n) is 2.92. The van der Waals surface area contributed by atoms with E-state index in [1.807, 2.05) is 6.07 Å². The van der Waals surface area contributed by atoms with Crippen LogP contribution in [0.4, 0.5) is 11.4 Å². The van der Waals surface area contributed by atoms with Crippen LogP contribution in [0.5, 0.6) is 0 Å². The molecule has 0 atom stereocenters. The van der Waals surface area contributed by atoms with Gasteiger partial charge < -0.3 is 5.73 Å². The molecule has 0 amide bonds. The first-order valence-corrected chi connectivity index (χ1v) is 7.80. The van der Waals surface area contributed by atoms with Crippen molar-refractivity contribution >= 4 is 21.4 Å². The smallest absolute Gasteiger partial charge is 0.264 e. The van der Waals surface area contributed by atoms with Crippen molar-refractivity contribution in [3.8, 4) is 6.07 Å². The normalized spacial score (nSPS) is 10.8. The zero-order valence-corrected chi connectivity index (χ0v) is 12.1. The van der Waals surface area contributed by atoms with Crippen molar-refractivity contribution in [3.05, 3.63) is 54.6 Å². The molecule has 0 aliphatic heterocycles. The molecule has 6 heteroatoms. The van der Waals surface area contributed by atoms with E-state index in [1.54, 1.807) is 42.5 Å². The number of hydrogen-bond donors (Lipinski definition) is 1. The third kappa shape index (κ3) is 3.33. The molecule has 2 aromatic rings. The van der Waals surface area contributed by atoms with Gasteiger partial charge in [-0.05, 0) is 30.3 Å². The maximum Gasteiger partial charge on any atom is 0.264 e. The summed E-state index contributed by atoms with van der Waals surface area (Å²) in [5, 5.41) is 8.75. The SMILES string of the molecule is N#CCCN(c1ccccc1)S(=O)(=O)c1cccc(N)c1. The van der Waals surface area contributed by atoms with E-state index in [9.17, 15) is 8.42 Å². The molecule has 2 N–H and O–H groups in total. The fourth-order valence-electron chi connectivity index (χ4n) is 1.94. The van der Waals surface area contributed by atoms with Gasteiger partial charge in [-0.1, -0.05) is 24.3 Å². The molecule has 0 heterocycles. The van der Waals surface area contributed by atoms with Crippen LogP contribution in [-0.2, 0) is 10.0 Å². The van der Waals surface area contributed by atoms with E-state index in [4.69, 9.17) is 11.0 Å². The van der Waals surface area contributed by atoms with Gasteiger partial charge in [0.1, 0.15) is 0 Å². The molecule has 5 nitrogen and oxygen atoms in total. The second kappa shape index (κ2) is 6.29. The highest BCUT2D eigenvalue weighted by atomic mass is 32.2. The van der Waals surface area contributed by atoms with Crippen molar-refractivity contribution in [1.82, 2.24) is 0 Å². The van der Waals surface area contributed by atoms with Gasteiger partial charge in [-0.15, -0.1) is 0 Å². The molecular weight excluding hydrogens is 286 g/mol.